The van der Waals surface area contributed by atoms with Gasteiger partial charge in [0.2, 0.25) is 5.43 Å². The number of hydrogen-bond acceptors (Lipinski definition) is 5. The molecule has 0 N–H and O–H groups in total. The van der Waals surface area contributed by atoms with Crippen LogP contribution in [0.2, 0.25) is 0 Å². The van der Waals surface area contributed by atoms with Gasteiger partial charge in [0.15, 0.2) is 11.5 Å². The lowest BCUT2D eigenvalue weighted by molar-refractivity contribution is 0.172. The van der Waals surface area contributed by atoms with Crippen LogP contribution in [0.15, 0.2) is 64.1 Å². The molecule has 0 amide bonds. The average molecular weight is 331 g/mol. The van der Waals surface area contributed by atoms with Crippen LogP contribution in [0.5, 0.6) is 11.5 Å². The van der Waals surface area contributed by atoms with Crippen molar-refractivity contribution < 1.29 is 13.9 Å². The van der Waals surface area contributed by atoms with Crippen LogP contribution in [0.4, 0.5) is 0 Å². The highest BCUT2D eigenvalue weighted by Crippen LogP contribution is 2.37. The van der Waals surface area contributed by atoms with Gasteiger partial charge in [-0.15, -0.1) is 0 Å². The second-order valence-electron chi connectivity index (χ2n) is 5.85. The van der Waals surface area contributed by atoms with Gasteiger partial charge in [-0.05, 0) is 35.7 Å². The molecule has 2 aromatic carbocycles. The first-order valence-corrected chi connectivity index (χ1v) is 8.00. The van der Waals surface area contributed by atoms with Crippen molar-refractivity contribution in [3.05, 3.63) is 65.1 Å². The van der Waals surface area contributed by atoms with E-state index in [4.69, 9.17) is 13.9 Å². The van der Waals surface area contributed by atoms with Crippen molar-refractivity contribution in [1.29, 1.82) is 0 Å². The summed E-state index contributed by atoms with van der Waals surface area (Å²) >= 11 is 0. The molecule has 1 aliphatic rings. The van der Waals surface area contributed by atoms with Gasteiger partial charge < -0.3 is 13.9 Å². The van der Waals surface area contributed by atoms with E-state index >= 15 is 0 Å². The Kier molecular flexibility index (Phi) is 3.00. The highest BCUT2D eigenvalue weighted by atomic mass is 16.6. The van der Waals surface area contributed by atoms with E-state index < -0.39 is 0 Å². The Morgan fingerprint density at radius 2 is 1.80 bits per heavy atom. The van der Waals surface area contributed by atoms with Crippen LogP contribution in [0.3, 0.4) is 0 Å². The normalized spacial score (nSPS) is 13.3. The number of nitrogens with zero attached hydrogens (tertiary/aromatic N) is 1. The molecule has 122 valence electrons. The molecule has 0 bridgehead atoms. The monoisotopic (exact) mass is 331 g/mol. The van der Waals surface area contributed by atoms with Crippen LogP contribution in [0.25, 0.3) is 33.0 Å². The Morgan fingerprint density at radius 1 is 0.960 bits per heavy atom. The minimum absolute atomic E-state index is 0.109. The highest BCUT2D eigenvalue weighted by molar-refractivity contribution is 6.07. The summed E-state index contributed by atoms with van der Waals surface area (Å²) in [4.78, 5) is 17.4. The number of ether oxygens (including phenoxy) is 2. The van der Waals surface area contributed by atoms with Crippen LogP contribution in [0, 0.1) is 0 Å². The lowest BCUT2D eigenvalue weighted by Gasteiger charge is -2.19. The number of benzene rings is 2. The molecule has 1 aliphatic heterocycles. The molecule has 5 heteroatoms. The third-order valence-corrected chi connectivity index (χ3v) is 4.36. The topological polar surface area (TPSA) is 61.6 Å². The van der Waals surface area contributed by atoms with E-state index in [0.29, 0.717) is 46.9 Å². The van der Waals surface area contributed by atoms with Gasteiger partial charge in [-0.1, -0.05) is 12.1 Å². The molecule has 0 unspecified atom stereocenters. The van der Waals surface area contributed by atoms with Gasteiger partial charge in [0.25, 0.3) is 0 Å². The fourth-order valence-electron chi connectivity index (χ4n) is 3.18. The third kappa shape index (κ3) is 2.16. The summed E-state index contributed by atoms with van der Waals surface area (Å²) in [5.41, 5.74) is 1.46. The minimum atomic E-state index is -0.109. The van der Waals surface area contributed by atoms with Crippen LogP contribution < -0.4 is 14.9 Å². The molecule has 0 aliphatic carbocycles. The van der Waals surface area contributed by atoms with Gasteiger partial charge in [-0.25, -0.2) is 0 Å². The Labute approximate surface area is 142 Å². The Morgan fingerprint density at radius 3 is 2.60 bits per heavy atom. The van der Waals surface area contributed by atoms with Gasteiger partial charge in [-0.2, -0.15) is 0 Å². The SMILES string of the molecule is O=c1c(-c2ccccn2)coc2ccc3cc4c(cc3c12)OCCO4. The van der Waals surface area contributed by atoms with E-state index in [1.807, 2.05) is 30.3 Å². The van der Waals surface area contributed by atoms with Gasteiger partial charge in [0, 0.05) is 11.6 Å². The molecule has 0 fully saturated rings. The summed E-state index contributed by atoms with van der Waals surface area (Å²) in [6.07, 6.45) is 3.13. The lowest BCUT2D eigenvalue weighted by atomic mass is 10.0. The van der Waals surface area contributed by atoms with Gasteiger partial charge in [0.1, 0.15) is 25.1 Å². The molecule has 3 heterocycles. The Hall–Kier alpha value is -3.34. The summed E-state index contributed by atoms with van der Waals surface area (Å²) in [6, 6.07) is 12.9. The van der Waals surface area contributed by atoms with Crippen LogP contribution in [-0.4, -0.2) is 18.2 Å². The lowest BCUT2D eigenvalue weighted by Crippen LogP contribution is -2.15. The molecule has 25 heavy (non-hydrogen) atoms. The minimum Gasteiger partial charge on any atom is -0.486 e. The van der Waals surface area contributed by atoms with E-state index in [9.17, 15) is 4.79 Å². The van der Waals surface area contributed by atoms with Gasteiger partial charge in [0.05, 0.1) is 16.6 Å². The molecule has 4 aromatic rings. The highest BCUT2D eigenvalue weighted by Gasteiger charge is 2.17. The molecule has 5 rings (SSSR count). The number of hydrogen-bond donors (Lipinski definition) is 0. The second-order valence-corrected chi connectivity index (χ2v) is 5.85. The predicted octanol–water partition coefficient (Wildman–Crippen LogP) is 3.78. The second kappa shape index (κ2) is 5.34. The molecule has 2 aromatic heterocycles. The Balaban J connectivity index is 1.86. The zero-order chi connectivity index (χ0) is 16.8. The van der Waals surface area contributed by atoms with E-state index in [0.717, 1.165) is 10.8 Å². The van der Waals surface area contributed by atoms with Crippen molar-refractivity contribution in [1.82, 2.24) is 4.98 Å². The summed E-state index contributed by atoms with van der Waals surface area (Å²) < 4.78 is 17.0. The van der Waals surface area contributed by atoms with Crippen molar-refractivity contribution in [2.75, 3.05) is 13.2 Å². The summed E-state index contributed by atoms with van der Waals surface area (Å²) in [5, 5.41) is 2.22. The fraction of sp³-hybridized carbons (Fsp3) is 0.100. The van der Waals surface area contributed by atoms with Gasteiger partial charge >= 0.3 is 0 Å². The fourth-order valence-corrected chi connectivity index (χ4v) is 3.18. The third-order valence-electron chi connectivity index (χ3n) is 4.36. The number of aromatic nitrogens is 1. The standard InChI is InChI=1S/C20H13NO4/c22-20-14(15-3-1-2-6-21-15)11-25-16-5-4-12-9-17-18(24-8-7-23-17)10-13(12)19(16)20/h1-6,9-11H,7-8H2. The first-order chi connectivity index (χ1) is 12.3. The predicted molar refractivity (Wildman–Crippen MR) is 94.2 cm³/mol. The number of pyridine rings is 1. The maximum Gasteiger partial charge on any atom is 0.202 e. The summed E-state index contributed by atoms with van der Waals surface area (Å²) in [5.74, 6) is 1.34. The van der Waals surface area contributed by atoms with Gasteiger partial charge in [-0.3, -0.25) is 9.78 Å². The van der Waals surface area contributed by atoms with Crippen LogP contribution in [-0.2, 0) is 0 Å². The van der Waals surface area contributed by atoms with E-state index in [1.165, 1.54) is 6.26 Å². The maximum absolute atomic E-state index is 13.1. The smallest absolute Gasteiger partial charge is 0.202 e. The first kappa shape index (κ1) is 14.0. The molecule has 0 radical (unpaired) electrons. The molecular weight excluding hydrogens is 318 g/mol. The van der Waals surface area contributed by atoms with Crippen molar-refractivity contribution in [2.45, 2.75) is 0 Å². The van der Waals surface area contributed by atoms with Crippen molar-refractivity contribution in [3.8, 4) is 22.8 Å². The van der Waals surface area contributed by atoms with Crippen molar-refractivity contribution >= 4 is 21.7 Å². The first-order valence-electron chi connectivity index (χ1n) is 8.00. The van der Waals surface area contributed by atoms with E-state index in [1.54, 1.807) is 18.3 Å². The van der Waals surface area contributed by atoms with Crippen molar-refractivity contribution in [3.63, 3.8) is 0 Å². The largest absolute Gasteiger partial charge is 0.486 e. The summed E-state index contributed by atoms with van der Waals surface area (Å²) in [6.45, 7) is 1.02. The molecule has 0 atom stereocenters. The molecule has 0 saturated heterocycles. The average Bonchev–Trinajstić information content (AvgIpc) is 2.67. The summed E-state index contributed by atoms with van der Waals surface area (Å²) in [7, 11) is 0. The maximum atomic E-state index is 13.1. The number of fused-ring (bicyclic) bond motifs is 4. The quantitative estimate of drug-likeness (QED) is 0.497. The Bertz CT molecular complexity index is 1170. The molecular formula is C20H13NO4. The zero-order valence-corrected chi connectivity index (χ0v) is 13.2. The van der Waals surface area contributed by atoms with Crippen LogP contribution >= 0.6 is 0 Å². The zero-order valence-electron chi connectivity index (χ0n) is 13.2. The molecule has 0 saturated carbocycles. The van der Waals surface area contributed by atoms with E-state index in [-0.39, 0.29) is 5.43 Å². The number of rotatable bonds is 1. The van der Waals surface area contributed by atoms with E-state index in [2.05, 4.69) is 4.98 Å². The molecule has 0 spiro atoms. The van der Waals surface area contributed by atoms with Crippen molar-refractivity contribution in [2.24, 2.45) is 0 Å². The molecule has 5 nitrogen and oxygen atoms in total. The van der Waals surface area contributed by atoms with Crippen LogP contribution in [0.1, 0.15) is 0 Å².